The van der Waals surface area contributed by atoms with Gasteiger partial charge in [-0.1, -0.05) is 30.3 Å². The third-order valence-corrected chi connectivity index (χ3v) is 5.98. The first-order valence-electron chi connectivity index (χ1n) is 7.20. The number of rotatable bonds is 5. The van der Waals surface area contributed by atoms with E-state index < -0.39 is 10.0 Å². The number of fused-ring (bicyclic) bond motifs is 1. The van der Waals surface area contributed by atoms with Crippen molar-refractivity contribution in [2.24, 2.45) is 0 Å². The van der Waals surface area contributed by atoms with Crippen LogP contribution in [-0.4, -0.2) is 22.5 Å². The van der Waals surface area contributed by atoms with Gasteiger partial charge in [0.2, 0.25) is 10.0 Å². The molecule has 1 heterocycles. The fourth-order valence-electron chi connectivity index (χ4n) is 2.55. The molecular formula is C17H18N2O2S2. The van der Waals surface area contributed by atoms with Gasteiger partial charge in [0.05, 0.1) is 4.90 Å². The van der Waals surface area contributed by atoms with Crippen LogP contribution >= 0.6 is 11.3 Å². The molecule has 0 radical (unpaired) electrons. The number of hydrogen-bond acceptors (Lipinski definition) is 4. The molecule has 1 N–H and O–H groups in total. The van der Waals surface area contributed by atoms with E-state index in [4.69, 9.17) is 0 Å². The summed E-state index contributed by atoms with van der Waals surface area (Å²) in [4.78, 5) is 3.29. The van der Waals surface area contributed by atoms with Crippen LogP contribution in [-0.2, 0) is 16.6 Å². The molecule has 0 unspecified atom stereocenters. The average Bonchev–Trinajstić information content (AvgIpc) is 3.05. The fraction of sp³-hybridized carbons (Fsp3) is 0.176. The van der Waals surface area contributed by atoms with Gasteiger partial charge in [-0.15, -0.1) is 11.3 Å². The number of sulfonamides is 1. The van der Waals surface area contributed by atoms with Crippen LogP contribution in [0.3, 0.4) is 0 Å². The highest BCUT2D eigenvalue weighted by molar-refractivity contribution is 7.89. The fourth-order valence-corrected chi connectivity index (χ4v) is 4.51. The highest BCUT2D eigenvalue weighted by Crippen LogP contribution is 2.30. The third-order valence-electron chi connectivity index (χ3n) is 3.65. The van der Waals surface area contributed by atoms with Crippen LogP contribution in [0.25, 0.3) is 10.8 Å². The Bertz CT molecular complexity index is 917. The number of nitrogens with zero attached hydrogens (tertiary/aromatic N) is 1. The summed E-state index contributed by atoms with van der Waals surface area (Å²) in [6.07, 6.45) is 0. The first kappa shape index (κ1) is 16.0. The molecule has 0 atom stereocenters. The van der Waals surface area contributed by atoms with Gasteiger partial charge < -0.3 is 4.90 Å². The zero-order valence-corrected chi connectivity index (χ0v) is 14.6. The summed E-state index contributed by atoms with van der Waals surface area (Å²) in [6.45, 7) is 0.309. The van der Waals surface area contributed by atoms with E-state index in [1.54, 1.807) is 12.1 Å². The zero-order valence-electron chi connectivity index (χ0n) is 13.0. The van der Waals surface area contributed by atoms with Gasteiger partial charge in [0.15, 0.2) is 0 Å². The molecule has 0 aliphatic rings. The van der Waals surface area contributed by atoms with E-state index in [0.29, 0.717) is 11.4 Å². The Balaban J connectivity index is 2.03. The second kappa shape index (κ2) is 6.31. The molecule has 0 saturated carbocycles. The second-order valence-electron chi connectivity index (χ2n) is 5.43. The Morgan fingerprint density at radius 3 is 2.43 bits per heavy atom. The number of hydrogen-bond donors (Lipinski definition) is 1. The van der Waals surface area contributed by atoms with Crippen molar-refractivity contribution in [2.45, 2.75) is 11.4 Å². The lowest BCUT2D eigenvalue weighted by Crippen LogP contribution is -2.23. The number of benzene rings is 2. The van der Waals surface area contributed by atoms with Crippen molar-refractivity contribution in [2.75, 3.05) is 19.0 Å². The lowest BCUT2D eigenvalue weighted by molar-refractivity contribution is 0.583. The Hall–Kier alpha value is -1.89. The molecule has 6 heteroatoms. The van der Waals surface area contributed by atoms with Gasteiger partial charge in [-0.05, 0) is 23.6 Å². The molecule has 23 heavy (non-hydrogen) atoms. The summed E-state index contributed by atoms with van der Waals surface area (Å²) in [5.74, 6) is 0. The van der Waals surface area contributed by atoms with Crippen LogP contribution in [0.4, 0.5) is 5.69 Å². The van der Waals surface area contributed by atoms with Crippen LogP contribution < -0.4 is 9.62 Å². The average molecular weight is 346 g/mol. The summed E-state index contributed by atoms with van der Waals surface area (Å²) in [6, 6.07) is 14.9. The molecule has 0 spiro atoms. The maximum atomic E-state index is 12.7. The Labute approximate surface area is 140 Å². The molecule has 3 aromatic rings. The summed E-state index contributed by atoms with van der Waals surface area (Å²) in [5.41, 5.74) is 0.998. The predicted octanol–water partition coefficient (Wildman–Crippen LogP) is 3.45. The summed E-state index contributed by atoms with van der Waals surface area (Å²) in [7, 11) is 0.332. The molecule has 1 aromatic heterocycles. The highest BCUT2D eigenvalue weighted by atomic mass is 32.2. The van der Waals surface area contributed by atoms with Crippen molar-refractivity contribution in [3.63, 3.8) is 0 Å². The molecule has 0 aliphatic carbocycles. The van der Waals surface area contributed by atoms with Crippen molar-refractivity contribution in [1.29, 1.82) is 0 Å². The van der Waals surface area contributed by atoms with Gasteiger partial charge in [-0.25, -0.2) is 13.1 Å². The summed E-state index contributed by atoms with van der Waals surface area (Å²) < 4.78 is 28.1. The Morgan fingerprint density at radius 1 is 1.00 bits per heavy atom. The van der Waals surface area contributed by atoms with Gasteiger partial charge >= 0.3 is 0 Å². The molecule has 2 aromatic carbocycles. The molecule has 0 bridgehead atoms. The van der Waals surface area contributed by atoms with Crippen LogP contribution in [0, 0.1) is 0 Å². The first-order chi connectivity index (χ1) is 11.0. The van der Waals surface area contributed by atoms with Gasteiger partial charge in [-0.2, -0.15) is 0 Å². The topological polar surface area (TPSA) is 49.4 Å². The quantitative estimate of drug-likeness (QED) is 0.770. The van der Waals surface area contributed by atoms with E-state index >= 15 is 0 Å². The van der Waals surface area contributed by atoms with Crippen molar-refractivity contribution in [1.82, 2.24) is 4.72 Å². The second-order valence-corrected chi connectivity index (χ2v) is 8.19. The van der Waals surface area contributed by atoms with E-state index in [1.807, 2.05) is 60.8 Å². The molecular weight excluding hydrogens is 328 g/mol. The summed E-state index contributed by atoms with van der Waals surface area (Å²) in [5, 5.41) is 3.60. The maximum absolute atomic E-state index is 12.7. The molecule has 0 fully saturated rings. The maximum Gasteiger partial charge on any atom is 0.241 e. The van der Waals surface area contributed by atoms with E-state index in [2.05, 4.69) is 4.72 Å². The zero-order chi connectivity index (χ0) is 16.4. The number of nitrogens with one attached hydrogen (secondary N) is 1. The van der Waals surface area contributed by atoms with Gasteiger partial charge in [0.1, 0.15) is 0 Å². The molecule has 4 nitrogen and oxygen atoms in total. The van der Waals surface area contributed by atoms with Crippen molar-refractivity contribution in [3.05, 3.63) is 58.8 Å². The third kappa shape index (κ3) is 3.24. The van der Waals surface area contributed by atoms with Crippen LogP contribution in [0.1, 0.15) is 4.88 Å². The Kier molecular flexibility index (Phi) is 4.39. The smallest absolute Gasteiger partial charge is 0.241 e. The van der Waals surface area contributed by atoms with Crippen LogP contribution in [0.5, 0.6) is 0 Å². The van der Waals surface area contributed by atoms with Gasteiger partial charge in [0.25, 0.3) is 0 Å². The first-order valence-corrected chi connectivity index (χ1v) is 9.56. The van der Waals surface area contributed by atoms with E-state index in [0.717, 1.165) is 21.3 Å². The minimum absolute atomic E-state index is 0.309. The predicted molar refractivity (Wildman–Crippen MR) is 96.6 cm³/mol. The standard InChI is InChI=1S/C17H18N2O2S2/c1-19(2)16-9-3-8-15-14(16)7-4-10-17(15)23(20,21)18-12-13-6-5-11-22-13/h3-11,18H,12H2,1-2H3. The number of anilines is 1. The minimum Gasteiger partial charge on any atom is -0.377 e. The molecule has 120 valence electrons. The number of thiophene rings is 1. The molecule has 0 amide bonds. The van der Waals surface area contributed by atoms with Crippen LogP contribution in [0.2, 0.25) is 0 Å². The molecule has 3 rings (SSSR count). The van der Waals surface area contributed by atoms with Crippen molar-refractivity contribution in [3.8, 4) is 0 Å². The van der Waals surface area contributed by atoms with E-state index in [1.165, 1.54) is 11.3 Å². The van der Waals surface area contributed by atoms with Crippen molar-refractivity contribution < 1.29 is 8.42 Å². The van der Waals surface area contributed by atoms with Crippen molar-refractivity contribution >= 4 is 37.8 Å². The van der Waals surface area contributed by atoms with E-state index in [9.17, 15) is 8.42 Å². The molecule has 0 saturated heterocycles. The monoisotopic (exact) mass is 346 g/mol. The van der Waals surface area contributed by atoms with Gasteiger partial charge in [-0.3, -0.25) is 0 Å². The molecule has 0 aliphatic heterocycles. The normalized spacial score (nSPS) is 11.7. The lowest BCUT2D eigenvalue weighted by atomic mass is 10.1. The SMILES string of the molecule is CN(C)c1cccc2c(S(=O)(=O)NCc3cccs3)cccc12. The lowest BCUT2D eigenvalue weighted by Gasteiger charge is -2.17. The Morgan fingerprint density at radius 2 is 1.74 bits per heavy atom. The van der Waals surface area contributed by atoms with Gasteiger partial charge in [0, 0.05) is 42.0 Å². The summed E-state index contributed by atoms with van der Waals surface area (Å²) >= 11 is 1.54. The minimum atomic E-state index is -3.57. The van der Waals surface area contributed by atoms with Crippen LogP contribution in [0.15, 0.2) is 58.8 Å². The highest BCUT2D eigenvalue weighted by Gasteiger charge is 2.18. The largest absolute Gasteiger partial charge is 0.377 e. The van der Waals surface area contributed by atoms with E-state index in [-0.39, 0.29) is 0 Å².